The minimum Gasteiger partial charge on any atom is -0.390 e. The topological polar surface area (TPSA) is 21.3 Å². The third-order valence-electron chi connectivity index (χ3n) is 2.88. The monoisotopic (exact) mass is 235 g/mol. The van der Waals surface area contributed by atoms with Crippen LogP contribution in [0, 0.1) is 0 Å². The summed E-state index contributed by atoms with van der Waals surface area (Å²) < 4.78 is 0. The zero-order valence-corrected chi connectivity index (χ0v) is 9.84. The van der Waals surface area contributed by atoms with Gasteiger partial charge in [-0.1, -0.05) is 54.6 Å². The van der Waals surface area contributed by atoms with Crippen LogP contribution in [0.25, 0.3) is 17.2 Å². The molecule has 1 aliphatic rings. The predicted octanol–water partition coefficient (Wildman–Crippen LogP) is 4.24. The molecule has 0 atom stereocenters. The van der Waals surface area contributed by atoms with E-state index in [2.05, 4.69) is 29.8 Å². The summed E-state index contributed by atoms with van der Waals surface area (Å²) in [6, 6.07) is 16.4. The van der Waals surface area contributed by atoms with Crippen molar-refractivity contribution in [3.63, 3.8) is 0 Å². The fourth-order valence-corrected chi connectivity index (χ4v) is 2.04. The smallest absolute Gasteiger partial charge is 0.119 e. The highest BCUT2D eigenvalue weighted by molar-refractivity contribution is 5.83. The van der Waals surface area contributed by atoms with Gasteiger partial charge in [0.2, 0.25) is 0 Å². The molecule has 0 amide bonds. The van der Waals surface area contributed by atoms with Gasteiger partial charge in [0.15, 0.2) is 0 Å². The Balaban J connectivity index is 2.23. The molecule has 1 heterocycles. The average Bonchev–Trinajstić information content (AvgIpc) is 2.44. The Kier molecular flexibility index (Phi) is 2.84. The molecule has 2 aromatic rings. The van der Waals surface area contributed by atoms with Crippen LogP contribution in [0.15, 0.2) is 66.9 Å². The second-order valence-electron chi connectivity index (χ2n) is 4.04. The third kappa shape index (κ3) is 2.00. The van der Waals surface area contributed by atoms with E-state index in [0.717, 1.165) is 11.3 Å². The van der Waals surface area contributed by atoms with Crippen molar-refractivity contribution >= 4 is 11.8 Å². The standard InChI is InChI=1S/C16H13NO/c1-2-9-14-13(7-1)8-5-6-12-18-17-16-11-4-3-10-15(14)16/h1-12,17H. The molecule has 2 nitrogen and oxygen atoms in total. The Hall–Kier alpha value is -2.48. The Morgan fingerprint density at radius 2 is 1.56 bits per heavy atom. The van der Waals surface area contributed by atoms with Gasteiger partial charge in [0.05, 0.1) is 5.69 Å². The molecule has 0 unspecified atom stereocenters. The molecule has 2 heteroatoms. The van der Waals surface area contributed by atoms with Gasteiger partial charge in [0, 0.05) is 5.56 Å². The van der Waals surface area contributed by atoms with Crippen LogP contribution < -0.4 is 5.48 Å². The molecule has 1 aliphatic heterocycles. The number of hydrogen-bond donors (Lipinski definition) is 1. The maximum atomic E-state index is 5.27. The average molecular weight is 235 g/mol. The number of fused-ring (bicyclic) bond motifs is 3. The molecule has 0 bridgehead atoms. The molecule has 0 aliphatic carbocycles. The van der Waals surface area contributed by atoms with E-state index >= 15 is 0 Å². The van der Waals surface area contributed by atoms with Gasteiger partial charge in [-0.2, -0.15) is 0 Å². The highest BCUT2D eigenvalue weighted by Gasteiger charge is 2.07. The van der Waals surface area contributed by atoms with Crippen LogP contribution in [0.1, 0.15) is 5.56 Å². The molecule has 88 valence electrons. The normalized spacial score (nSPS) is 12.9. The summed E-state index contributed by atoms with van der Waals surface area (Å²) in [5.41, 5.74) is 7.43. The van der Waals surface area contributed by atoms with Crippen molar-refractivity contribution in [3.05, 3.63) is 72.5 Å². The summed E-state index contributed by atoms with van der Waals surface area (Å²) >= 11 is 0. The van der Waals surface area contributed by atoms with Crippen LogP contribution in [0.4, 0.5) is 5.69 Å². The van der Waals surface area contributed by atoms with Gasteiger partial charge in [-0.3, -0.25) is 0 Å². The fourth-order valence-electron chi connectivity index (χ4n) is 2.04. The van der Waals surface area contributed by atoms with Crippen LogP contribution in [0.3, 0.4) is 0 Å². The lowest BCUT2D eigenvalue weighted by Crippen LogP contribution is -1.98. The van der Waals surface area contributed by atoms with Gasteiger partial charge >= 0.3 is 0 Å². The van der Waals surface area contributed by atoms with Gasteiger partial charge in [-0.15, -0.1) is 0 Å². The summed E-state index contributed by atoms with van der Waals surface area (Å²) in [6.45, 7) is 0. The lowest BCUT2D eigenvalue weighted by Gasteiger charge is -2.13. The van der Waals surface area contributed by atoms with Gasteiger partial charge in [0.1, 0.15) is 6.26 Å². The summed E-state index contributed by atoms with van der Waals surface area (Å²) in [4.78, 5) is 5.27. The van der Waals surface area contributed by atoms with Gasteiger partial charge in [-0.05, 0) is 23.3 Å². The van der Waals surface area contributed by atoms with Crippen molar-refractivity contribution in [1.29, 1.82) is 0 Å². The number of benzene rings is 2. The first-order chi connectivity index (χ1) is 8.95. The lowest BCUT2D eigenvalue weighted by atomic mass is 9.98. The first kappa shape index (κ1) is 10.7. The van der Waals surface area contributed by atoms with E-state index in [1.165, 1.54) is 11.1 Å². The van der Waals surface area contributed by atoms with Crippen molar-refractivity contribution in [3.8, 4) is 11.1 Å². The molecule has 0 fully saturated rings. The third-order valence-corrected chi connectivity index (χ3v) is 2.88. The van der Waals surface area contributed by atoms with Crippen LogP contribution in [-0.2, 0) is 4.84 Å². The maximum absolute atomic E-state index is 5.27. The first-order valence-corrected chi connectivity index (χ1v) is 5.88. The van der Waals surface area contributed by atoms with Crippen molar-refractivity contribution in [2.45, 2.75) is 0 Å². The number of para-hydroxylation sites is 1. The van der Waals surface area contributed by atoms with Crippen LogP contribution in [0.5, 0.6) is 0 Å². The molecule has 1 N–H and O–H groups in total. The Bertz CT molecular complexity index is 614. The van der Waals surface area contributed by atoms with Crippen molar-refractivity contribution < 1.29 is 4.84 Å². The highest BCUT2D eigenvalue weighted by atomic mass is 16.6. The quantitative estimate of drug-likeness (QED) is 0.737. The molecule has 3 rings (SSSR count). The zero-order valence-electron chi connectivity index (χ0n) is 9.84. The molecule has 0 radical (unpaired) electrons. The minimum atomic E-state index is 0.963. The number of allylic oxidation sites excluding steroid dienone is 2. The Labute approximate surface area is 106 Å². The van der Waals surface area contributed by atoms with E-state index in [-0.39, 0.29) is 0 Å². The highest BCUT2D eigenvalue weighted by Crippen LogP contribution is 2.31. The van der Waals surface area contributed by atoms with Crippen LogP contribution >= 0.6 is 0 Å². The van der Waals surface area contributed by atoms with Crippen LogP contribution in [0.2, 0.25) is 0 Å². The largest absolute Gasteiger partial charge is 0.390 e. The van der Waals surface area contributed by atoms with Crippen molar-refractivity contribution in [2.24, 2.45) is 0 Å². The van der Waals surface area contributed by atoms with Gasteiger partial charge < -0.3 is 4.84 Å². The van der Waals surface area contributed by atoms with E-state index in [1.807, 2.05) is 42.5 Å². The number of anilines is 1. The molecular formula is C16H13NO. The first-order valence-electron chi connectivity index (χ1n) is 5.88. The van der Waals surface area contributed by atoms with E-state index in [4.69, 9.17) is 4.84 Å². The second kappa shape index (κ2) is 4.80. The summed E-state index contributed by atoms with van der Waals surface area (Å²) in [5.74, 6) is 0. The van der Waals surface area contributed by atoms with E-state index < -0.39 is 0 Å². The minimum absolute atomic E-state index is 0.963. The lowest BCUT2D eigenvalue weighted by molar-refractivity contribution is 0.330. The Morgan fingerprint density at radius 1 is 0.778 bits per heavy atom. The van der Waals surface area contributed by atoms with E-state index in [0.29, 0.717) is 0 Å². The van der Waals surface area contributed by atoms with Gasteiger partial charge in [-0.25, -0.2) is 5.48 Å². The maximum Gasteiger partial charge on any atom is 0.119 e. The molecule has 0 saturated heterocycles. The van der Waals surface area contributed by atoms with Crippen LogP contribution in [-0.4, -0.2) is 0 Å². The predicted molar refractivity (Wildman–Crippen MR) is 74.8 cm³/mol. The summed E-state index contributed by atoms with van der Waals surface area (Å²) in [6.07, 6.45) is 7.53. The SMILES string of the molecule is C1=CONc2ccccc2-c2ccccc2C=C1. The molecule has 2 aromatic carbocycles. The Morgan fingerprint density at radius 3 is 2.50 bits per heavy atom. The number of hydrogen-bond acceptors (Lipinski definition) is 2. The van der Waals surface area contributed by atoms with Crippen molar-refractivity contribution in [1.82, 2.24) is 0 Å². The molecular weight excluding hydrogens is 222 g/mol. The fraction of sp³-hybridized carbons (Fsp3) is 0. The molecule has 0 aromatic heterocycles. The second-order valence-corrected chi connectivity index (χ2v) is 4.04. The summed E-state index contributed by atoms with van der Waals surface area (Å²) in [7, 11) is 0. The summed E-state index contributed by atoms with van der Waals surface area (Å²) in [5, 5.41) is 0. The van der Waals surface area contributed by atoms with Crippen molar-refractivity contribution in [2.75, 3.05) is 5.48 Å². The van der Waals surface area contributed by atoms with E-state index in [9.17, 15) is 0 Å². The number of nitrogens with one attached hydrogen (secondary N) is 1. The molecule has 0 saturated carbocycles. The number of rotatable bonds is 0. The van der Waals surface area contributed by atoms with E-state index in [1.54, 1.807) is 6.26 Å². The molecule has 18 heavy (non-hydrogen) atoms. The molecule has 0 spiro atoms. The van der Waals surface area contributed by atoms with Gasteiger partial charge in [0.25, 0.3) is 0 Å². The zero-order chi connectivity index (χ0) is 12.2.